The van der Waals surface area contributed by atoms with Crippen LogP contribution in [0.15, 0.2) is 42.5 Å². The third-order valence-corrected chi connectivity index (χ3v) is 7.90. The molecule has 0 radical (unpaired) electrons. The molecule has 4 amide bonds. The smallest absolute Gasteiger partial charge is 0.331 e. The zero-order chi connectivity index (χ0) is 27.0. The van der Waals surface area contributed by atoms with Gasteiger partial charge in [-0.1, -0.05) is 42.5 Å². The van der Waals surface area contributed by atoms with Crippen LogP contribution in [0.4, 0.5) is 15.6 Å². The molecule has 12 heteroatoms. The van der Waals surface area contributed by atoms with Gasteiger partial charge in [0.2, 0.25) is 11.8 Å². The van der Waals surface area contributed by atoms with Crippen molar-refractivity contribution < 1.29 is 14.4 Å². The summed E-state index contributed by atoms with van der Waals surface area (Å²) in [5.41, 5.74) is 15.0. The van der Waals surface area contributed by atoms with Crippen molar-refractivity contribution in [2.45, 2.75) is 38.5 Å². The van der Waals surface area contributed by atoms with Crippen LogP contribution in [-0.4, -0.2) is 81.5 Å². The van der Waals surface area contributed by atoms with Crippen molar-refractivity contribution in [1.29, 1.82) is 0 Å². The fourth-order valence-corrected chi connectivity index (χ4v) is 6.09. The van der Waals surface area contributed by atoms with Crippen LogP contribution in [0.2, 0.25) is 0 Å². The van der Waals surface area contributed by atoms with Crippen molar-refractivity contribution in [3.05, 3.63) is 53.6 Å². The van der Waals surface area contributed by atoms with Crippen LogP contribution < -0.4 is 16.8 Å². The second kappa shape index (κ2) is 10.5. The van der Waals surface area contributed by atoms with E-state index in [1.54, 1.807) is 39.0 Å². The Hall–Kier alpha value is -3.90. The largest absolute Gasteiger partial charge is 0.399 e. The summed E-state index contributed by atoms with van der Waals surface area (Å²) in [6.07, 6.45) is 0.575. The third kappa shape index (κ3) is 4.72. The van der Waals surface area contributed by atoms with Gasteiger partial charge in [0, 0.05) is 32.2 Å². The number of urea groups is 1. The molecule has 2 aromatic carbocycles. The minimum Gasteiger partial charge on any atom is -0.399 e. The van der Waals surface area contributed by atoms with Gasteiger partial charge in [0.15, 0.2) is 5.13 Å². The summed E-state index contributed by atoms with van der Waals surface area (Å²) < 4.78 is 0.955. The van der Waals surface area contributed by atoms with Crippen molar-refractivity contribution in [3.8, 4) is 0 Å². The van der Waals surface area contributed by atoms with E-state index in [0.717, 1.165) is 27.8 Å². The average molecular weight is 537 g/mol. The molecule has 3 aromatic rings. The molecule has 2 saturated heterocycles. The summed E-state index contributed by atoms with van der Waals surface area (Å²) in [7, 11) is 1.57. The van der Waals surface area contributed by atoms with E-state index in [0.29, 0.717) is 30.3 Å². The number of carbonyl (C=O) groups excluding carboxylic acids is 3. The van der Waals surface area contributed by atoms with Gasteiger partial charge in [0.05, 0.1) is 23.3 Å². The molecule has 1 aromatic heterocycles. The van der Waals surface area contributed by atoms with E-state index in [1.807, 2.05) is 37.3 Å². The van der Waals surface area contributed by atoms with Gasteiger partial charge in [-0.2, -0.15) is 5.01 Å². The number of nitrogens with one attached hydrogen (secondary N) is 1. The predicted molar refractivity (Wildman–Crippen MR) is 147 cm³/mol. The van der Waals surface area contributed by atoms with E-state index in [4.69, 9.17) is 11.5 Å². The summed E-state index contributed by atoms with van der Waals surface area (Å²) in [6, 6.07) is 12.2. The topological polar surface area (TPSA) is 141 Å². The zero-order valence-corrected chi connectivity index (χ0v) is 22.3. The number of nitrogen functional groups attached to an aromatic ring is 2. The van der Waals surface area contributed by atoms with Crippen molar-refractivity contribution >= 4 is 50.2 Å². The number of fused-ring (bicyclic) bond motifs is 2. The molecule has 0 spiro atoms. The summed E-state index contributed by atoms with van der Waals surface area (Å²) in [6.45, 7) is 3.03. The Morgan fingerprint density at radius 3 is 2.66 bits per heavy atom. The molecular formula is C26H32N8O3S. The molecular weight excluding hydrogens is 504 g/mol. The lowest BCUT2D eigenvalue weighted by Crippen LogP contribution is -2.66. The van der Waals surface area contributed by atoms with Crippen molar-refractivity contribution in [1.82, 2.24) is 30.1 Å². The van der Waals surface area contributed by atoms with Gasteiger partial charge in [-0.15, -0.1) is 0 Å². The van der Waals surface area contributed by atoms with Gasteiger partial charge in [0.25, 0.3) is 0 Å². The van der Waals surface area contributed by atoms with E-state index in [1.165, 1.54) is 11.3 Å². The molecule has 2 aliphatic rings. The first-order chi connectivity index (χ1) is 18.3. The van der Waals surface area contributed by atoms with Crippen LogP contribution in [0.25, 0.3) is 10.2 Å². The van der Waals surface area contributed by atoms with Crippen LogP contribution in [0, 0.1) is 0 Å². The maximum atomic E-state index is 14.0. The van der Waals surface area contributed by atoms with E-state index in [-0.39, 0.29) is 30.9 Å². The number of piperazine rings is 1. The van der Waals surface area contributed by atoms with Crippen LogP contribution in [0.5, 0.6) is 0 Å². The van der Waals surface area contributed by atoms with Gasteiger partial charge in [-0.25, -0.2) is 9.78 Å². The van der Waals surface area contributed by atoms with Crippen molar-refractivity contribution in [2.75, 3.05) is 38.1 Å². The number of hydrogen-bond donors (Lipinski definition) is 3. The Balaban J connectivity index is 1.52. The Labute approximate surface area is 224 Å². The number of amides is 4. The predicted octanol–water partition coefficient (Wildman–Crippen LogP) is 1.85. The lowest BCUT2D eigenvalue weighted by molar-refractivity contribution is -0.157. The minimum atomic E-state index is -0.720. The van der Waals surface area contributed by atoms with Crippen molar-refractivity contribution in [3.63, 3.8) is 0 Å². The SMILES string of the molecule is CCCN(C(=O)NC)N1CC(=O)N2[C@@H](Cc3ccc(N)cc3)C(=O)N(Cc3cccc4sc(N)nc34)C[C@@H]21. The normalized spacial score (nSPS) is 19.7. The van der Waals surface area contributed by atoms with Crippen LogP contribution >= 0.6 is 11.3 Å². The molecule has 5 N–H and O–H groups in total. The fraction of sp³-hybridized carbons (Fsp3) is 0.385. The molecule has 11 nitrogen and oxygen atoms in total. The zero-order valence-electron chi connectivity index (χ0n) is 21.5. The average Bonchev–Trinajstić information content (AvgIpc) is 3.45. The third-order valence-electron chi connectivity index (χ3n) is 7.05. The number of nitrogens with zero attached hydrogens (tertiary/aromatic N) is 5. The van der Waals surface area contributed by atoms with Crippen molar-refractivity contribution in [2.24, 2.45) is 0 Å². The molecule has 2 fully saturated rings. The van der Waals surface area contributed by atoms with Gasteiger partial charge in [-0.3, -0.25) is 14.6 Å². The van der Waals surface area contributed by atoms with Gasteiger partial charge >= 0.3 is 6.03 Å². The lowest BCUT2D eigenvalue weighted by atomic mass is 9.99. The number of thiazole rings is 1. The van der Waals surface area contributed by atoms with Crippen LogP contribution in [-0.2, 0) is 22.6 Å². The maximum Gasteiger partial charge on any atom is 0.331 e. The van der Waals surface area contributed by atoms with Gasteiger partial charge in [0.1, 0.15) is 12.2 Å². The number of aromatic nitrogens is 1. The second-order valence-electron chi connectivity index (χ2n) is 9.55. The number of carbonyl (C=O) groups is 3. The molecule has 2 aliphatic heterocycles. The number of benzene rings is 2. The fourth-order valence-electron chi connectivity index (χ4n) is 5.31. The summed E-state index contributed by atoms with van der Waals surface area (Å²) in [5.74, 6) is -0.321. The molecule has 0 saturated carbocycles. The first-order valence-corrected chi connectivity index (χ1v) is 13.5. The first kappa shape index (κ1) is 25.7. The first-order valence-electron chi connectivity index (χ1n) is 12.6. The van der Waals surface area contributed by atoms with Crippen LogP contribution in [0.3, 0.4) is 0 Å². The number of hydrogen-bond acceptors (Lipinski definition) is 8. The number of rotatable bonds is 7. The molecule has 38 heavy (non-hydrogen) atoms. The highest BCUT2D eigenvalue weighted by molar-refractivity contribution is 7.22. The van der Waals surface area contributed by atoms with Gasteiger partial charge < -0.3 is 26.6 Å². The Kier molecular flexibility index (Phi) is 7.09. The standard InChI is InChI=1S/C26H32N8O3S/c1-3-11-32(26(37)29-2)33-15-22(35)34-19(12-16-7-9-18(27)10-8-16)24(36)31(14-21(33)34)13-17-5-4-6-20-23(17)30-25(28)38-20/h4-10,19,21H,3,11-15,27H2,1-2H3,(H2,28,30)(H,29,37)/t19-,21+/m0/s1. The highest BCUT2D eigenvalue weighted by Crippen LogP contribution is 2.32. The molecule has 0 aliphatic carbocycles. The highest BCUT2D eigenvalue weighted by atomic mass is 32.1. The van der Waals surface area contributed by atoms with E-state index >= 15 is 0 Å². The number of anilines is 2. The lowest BCUT2D eigenvalue weighted by Gasteiger charge is -2.46. The van der Waals surface area contributed by atoms with E-state index in [2.05, 4.69) is 10.3 Å². The number of nitrogens with two attached hydrogens (primary N) is 2. The number of hydrazine groups is 1. The molecule has 3 heterocycles. The molecule has 200 valence electrons. The Morgan fingerprint density at radius 1 is 1.18 bits per heavy atom. The molecule has 0 unspecified atom stereocenters. The molecule has 0 bridgehead atoms. The summed E-state index contributed by atoms with van der Waals surface area (Å²) in [5, 5.41) is 6.53. The van der Waals surface area contributed by atoms with Gasteiger partial charge in [-0.05, 0) is 35.7 Å². The highest BCUT2D eigenvalue weighted by Gasteiger charge is 2.52. The Bertz CT molecular complexity index is 1360. The molecule has 2 atom stereocenters. The molecule has 5 rings (SSSR count). The number of para-hydroxylation sites is 1. The van der Waals surface area contributed by atoms with E-state index in [9.17, 15) is 14.4 Å². The quantitative estimate of drug-likeness (QED) is 0.391. The van der Waals surface area contributed by atoms with E-state index < -0.39 is 12.2 Å². The summed E-state index contributed by atoms with van der Waals surface area (Å²) in [4.78, 5) is 48.1. The Morgan fingerprint density at radius 2 is 1.95 bits per heavy atom. The monoisotopic (exact) mass is 536 g/mol. The summed E-state index contributed by atoms with van der Waals surface area (Å²) >= 11 is 1.40. The maximum absolute atomic E-state index is 14.0. The van der Waals surface area contributed by atoms with Crippen LogP contribution in [0.1, 0.15) is 24.5 Å². The second-order valence-corrected chi connectivity index (χ2v) is 10.6. The minimum absolute atomic E-state index is 0.0235.